The van der Waals surface area contributed by atoms with Crippen molar-refractivity contribution in [3.8, 4) is 0 Å². The lowest BCUT2D eigenvalue weighted by Crippen LogP contribution is -2.43. The van der Waals surface area contributed by atoms with E-state index in [1.807, 2.05) is 0 Å². The summed E-state index contributed by atoms with van der Waals surface area (Å²) in [5.41, 5.74) is 4.11. The molecule has 26 heavy (non-hydrogen) atoms. The number of hydrogen-bond donors (Lipinski definition) is 1. The molecule has 0 saturated heterocycles. The number of para-hydroxylation sites is 1. The average Bonchev–Trinajstić information content (AvgIpc) is 2.88. The molecule has 1 N–H and O–H groups in total. The summed E-state index contributed by atoms with van der Waals surface area (Å²) < 4.78 is 5.25. The number of hydroxylamine groups is 1. The number of hydrogen-bond acceptors (Lipinski definition) is 7. The van der Waals surface area contributed by atoms with E-state index in [4.69, 9.17) is 9.57 Å². The molecule has 2 aliphatic heterocycles. The van der Waals surface area contributed by atoms with Crippen molar-refractivity contribution in [2.45, 2.75) is 39.3 Å². The van der Waals surface area contributed by atoms with Gasteiger partial charge in [-0.05, 0) is 27.7 Å². The first kappa shape index (κ1) is 18.1. The lowest BCUT2D eigenvalue weighted by atomic mass is 9.71. The minimum absolute atomic E-state index is 0.0453. The first-order valence-corrected chi connectivity index (χ1v) is 8.41. The molecule has 8 nitrogen and oxygen atoms in total. The van der Waals surface area contributed by atoms with Gasteiger partial charge in [0.15, 0.2) is 0 Å². The number of nitro benzene ring substituents is 1. The average molecular weight is 359 g/mol. The topological polar surface area (TPSA) is 103 Å². The van der Waals surface area contributed by atoms with Gasteiger partial charge in [0.25, 0.3) is 5.69 Å². The highest BCUT2D eigenvalue weighted by Crippen LogP contribution is 2.50. The summed E-state index contributed by atoms with van der Waals surface area (Å²) in [7, 11) is 0. The zero-order chi connectivity index (χ0) is 19.1. The molecule has 1 aromatic carbocycles. The monoisotopic (exact) mass is 359 g/mol. The summed E-state index contributed by atoms with van der Waals surface area (Å²) in [4.78, 5) is 34.1. The van der Waals surface area contributed by atoms with E-state index in [1.165, 1.54) is 6.07 Å². The highest BCUT2D eigenvalue weighted by Gasteiger charge is 2.52. The Hall–Kier alpha value is -2.74. The zero-order valence-electron chi connectivity index (χ0n) is 15.1. The fraction of sp³-hybridized carbons (Fsp3) is 0.444. The number of allylic oxidation sites excluding steroid dienone is 1. The molecule has 3 atom stereocenters. The van der Waals surface area contributed by atoms with Crippen molar-refractivity contribution >= 4 is 17.4 Å². The van der Waals surface area contributed by atoms with Gasteiger partial charge in [-0.25, -0.2) is 4.84 Å². The molecular weight excluding hydrogens is 338 g/mol. The summed E-state index contributed by atoms with van der Waals surface area (Å²) in [5, 5.41) is 11.6. The van der Waals surface area contributed by atoms with Crippen molar-refractivity contribution in [2.75, 3.05) is 6.61 Å². The van der Waals surface area contributed by atoms with Crippen molar-refractivity contribution in [1.29, 1.82) is 0 Å². The summed E-state index contributed by atoms with van der Waals surface area (Å²) >= 11 is 0. The third kappa shape index (κ3) is 2.76. The molecule has 0 saturated carbocycles. The van der Waals surface area contributed by atoms with E-state index in [9.17, 15) is 14.9 Å². The molecule has 0 bridgehead atoms. The van der Waals surface area contributed by atoms with Crippen LogP contribution in [0.3, 0.4) is 0 Å². The molecule has 3 rings (SSSR count). The van der Waals surface area contributed by atoms with Crippen LogP contribution in [-0.4, -0.2) is 28.9 Å². The van der Waals surface area contributed by atoms with E-state index in [0.29, 0.717) is 22.5 Å². The number of esters is 1. The van der Waals surface area contributed by atoms with Gasteiger partial charge in [0.05, 0.1) is 11.5 Å². The molecule has 0 aliphatic carbocycles. The normalized spacial score (nSPS) is 27.5. The molecule has 3 unspecified atom stereocenters. The Morgan fingerprint density at radius 1 is 1.42 bits per heavy atom. The smallest absolute Gasteiger partial charge is 0.315 e. The highest BCUT2D eigenvalue weighted by atomic mass is 16.7. The van der Waals surface area contributed by atoms with Crippen molar-refractivity contribution in [1.82, 2.24) is 5.48 Å². The van der Waals surface area contributed by atoms with Crippen LogP contribution in [0.4, 0.5) is 5.69 Å². The Kier molecular flexibility index (Phi) is 4.53. The second kappa shape index (κ2) is 6.53. The molecule has 0 amide bonds. The molecule has 0 radical (unpaired) electrons. The number of nitrogens with one attached hydrogen (secondary N) is 1. The minimum Gasteiger partial charge on any atom is -0.465 e. The first-order chi connectivity index (χ1) is 12.3. The molecular formula is C18H21N3O5. The highest BCUT2D eigenvalue weighted by molar-refractivity contribution is 6.04. The SMILES string of the molecule is CCOC(=O)C1C(C)=NC2(C)ONC(C)=C2C1c1ccccc1[N+](=O)[O-]. The molecule has 1 aromatic rings. The van der Waals surface area contributed by atoms with Gasteiger partial charge in [0.2, 0.25) is 5.72 Å². The zero-order valence-corrected chi connectivity index (χ0v) is 15.1. The third-order valence-electron chi connectivity index (χ3n) is 4.80. The van der Waals surface area contributed by atoms with E-state index in [-0.39, 0.29) is 12.3 Å². The molecule has 8 heteroatoms. The molecule has 2 heterocycles. The van der Waals surface area contributed by atoms with Crippen molar-refractivity contribution in [3.05, 3.63) is 51.2 Å². The fourth-order valence-corrected chi connectivity index (χ4v) is 3.84. The molecule has 0 aromatic heterocycles. The fourth-order valence-electron chi connectivity index (χ4n) is 3.84. The van der Waals surface area contributed by atoms with Gasteiger partial charge in [0.1, 0.15) is 5.92 Å². The number of carbonyl (C=O) groups excluding carboxylic acids is 1. The second-order valence-electron chi connectivity index (χ2n) is 6.50. The number of aliphatic imine (C=N–C) groups is 1. The van der Waals surface area contributed by atoms with Gasteiger partial charge in [0, 0.05) is 34.5 Å². The van der Waals surface area contributed by atoms with Crippen LogP contribution in [0.15, 0.2) is 40.5 Å². The summed E-state index contributed by atoms with van der Waals surface area (Å²) in [6.45, 7) is 7.25. The van der Waals surface area contributed by atoms with Gasteiger partial charge in [-0.15, -0.1) is 0 Å². The predicted molar refractivity (Wildman–Crippen MR) is 94.4 cm³/mol. The number of carbonyl (C=O) groups is 1. The number of fused-ring (bicyclic) bond motifs is 1. The van der Waals surface area contributed by atoms with Gasteiger partial charge >= 0.3 is 5.97 Å². The lowest BCUT2D eigenvalue weighted by molar-refractivity contribution is -0.385. The van der Waals surface area contributed by atoms with Crippen molar-refractivity contribution < 1.29 is 19.3 Å². The van der Waals surface area contributed by atoms with Crippen LogP contribution >= 0.6 is 0 Å². The number of nitrogens with zero attached hydrogens (tertiary/aromatic N) is 2. The molecule has 0 spiro atoms. The lowest BCUT2D eigenvalue weighted by Gasteiger charge is -2.37. The van der Waals surface area contributed by atoms with Gasteiger partial charge in [-0.2, -0.15) is 0 Å². The van der Waals surface area contributed by atoms with E-state index < -0.39 is 28.5 Å². The van der Waals surface area contributed by atoms with Crippen LogP contribution < -0.4 is 5.48 Å². The van der Waals surface area contributed by atoms with Gasteiger partial charge in [-0.1, -0.05) is 18.2 Å². The third-order valence-corrected chi connectivity index (χ3v) is 4.80. The quantitative estimate of drug-likeness (QED) is 0.504. The van der Waals surface area contributed by atoms with Crippen LogP contribution in [0.5, 0.6) is 0 Å². The molecule has 138 valence electrons. The van der Waals surface area contributed by atoms with Crippen LogP contribution in [0.2, 0.25) is 0 Å². The largest absolute Gasteiger partial charge is 0.465 e. The Labute approximate surface area is 151 Å². The second-order valence-corrected chi connectivity index (χ2v) is 6.50. The van der Waals surface area contributed by atoms with E-state index >= 15 is 0 Å². The Bertz CT molecular complexity index is 832. The standard InChI is InChI=1S/C18H21N3O5/c1-5-25-17(22)14-10(2)19-18(4)16(11(3)20-26-18)15(14)12-8-6-7-9-13(12)21(23)24/h6-9,14-15,20H,5H2,1-4H3. The molecule has 0 fully saturated rings. The van der Waals surface area contributed by atoms with Crippen molar-refractivity contribution in [2.24, 2.45) is 10.9 Å². The summed E-state index contributed by atoms with van der Waals surface area (Å²) in [6.07, 6.45) is 0. The van der Waals surface area contributed by atoms with E-state index in [1.54, 1.807) is 45.9 Å². The van der Waals surface area contributed by atoms with Crippen LogP contribution in [-0.2, 0) is 14.4 Å². The van der Waals surface area contributed by atoms with Crippen LogP contribution in [0.1, 0.15) is 39.2 Å². The summed E-state index contributed by atoms with van der Waals surface area (Å²) in [6, 6.07) is 6.44. The maximum atomic E-state index is 12.7. The predicted octanol–water partition coefficient (Wildman–Crippen LogP) is 2.86. The summed E-state index contributed by atoms with van der Waals surface area (Å²) in [5.74, 6) is -1.81. The number of rotatable bonds is 4. The maximum absolute atomic E-state index is 12.7. The van der Waals surface area contributed by atoms with E-state index in [2.05, 4.69) is 10.5 Å². The van der Waals surface area contributed by atoms with Gasteiger partial charge < -0.3 is 4.74 Å². The Balaban J connectivity index is 2.27. The van der Waals surface area contributed by atoms with E-state index in [0.717, 1.165) is 0 Å². The Morgan fingerprint density at radius 2 is 2.12 bits per heavy atom. The van der Waals surface area contributed by atoms with Crippen molar-refractivity contribution in [3.63, 3.8) is 0 Å². The molecule has 2 aliphatic rings. The number of nitro groups is 1. The number of benzene rings is 1. The van der Waals surface area contributed by atoms with Crippen LogP contribution in [0.25, 0.3) is 0 Å². The Morgan fingerprint density at radius 3 is 2.77 bits per heavy atom. The minimum atomic E-state index is -1.02. The number of ether oxygens (including phenoxy) is 1. The maximum Gasteiger partial charge on any atom is 0.315 e. The van der Waals surface area contributed by atoms with Crippen LogP contribution in [0, 0.1) is 16.0 Å². The first-order valence-electron chi connectivity index (χ1n) is 8.41. The van der Waals surface area contributed by atoms with Gasteiger partial charge in [-0.3, -0.25) is 25.4 Å².